The van der Waals surface area contributed by atoms with Gasteiger partial charge < -0.3 is 4.98 Å². The van der Waals surface area contributed by atoms with Crippen molar-refractivity contribution in [3.63, 3.8) is 0 Å². The number of H-pyrrole nitrogens is 1. The van der Waals surface area contributed by atoms with E-state index in [4.69, 9.17) is 0 Å². The second-order valence-electron chi connectivity index (χ2n) is 5.71. The van der Waals surface area contributed by atoms with Crippen molar-refractivity contribution in [2.45, 2.75) is 30.8 Å². The highest BCUT2D eigenvalue weighted by Crippen LogP contribution is 2.27. The quantitative estimate of drug-likeness (QED) is 0.318. The van der Waals surface area contributed by atoms with Gasteiger partial charge in [0.1, 0.15) is 16.3 Å². The summed E-state index contributed by atoms with van der Waals surface area (Å²) in [5, 5.41) is 0.271. The fourth-order valence-corrected chi connectivity index (χ4v) is 3.68. The van der Waals surface area contributed by atoms with Gasteiger partial charge in [-0.1, -0.05) is 36.0 Å². The average molecular weight is 355 g/mol. The molecule has 0 bridgehead atoms. The fourth-order valence-electron chi connectivity index (χ4n) is 2.71. The Morgan fingerprint density at radius 1 is 1.32 bits per heavy atom. The number of ketones is 2. The van der Waals surface area contributed by atoms with Crippen molar-refractivity contribution in [2.75, 3.05) is 0 Å². The van der Waals surface area contributed by atoms with Gasteiger partial charge in [0, 0.05) is 17.4 Å². The summed E-state index contributed by atoms with van der Waals surface area (Å²) in [6, 6.07) is 7.49. The van der Waals surface area contributed by atoms with Crippen molar-refractivity contribution in [3.8, 4) is 0 Å². The predicted molar refractivity (Wildman–Crippen MR) is 99.1 cm³/mol. The van der Waals surface area contributed by atoms with Gasteiger partial charge in [0.25, 0.3) is 5.56 Å². The van der Waals surface area contributed by atoms with E-state index >= 15 is 0 Å². The lowest BCUT2D eigenvalue weighted by atomic mass is 10.2. The molecule has 0 aliphatic heterocycles. The molecule has 3 rings (SSSR count). The van der Waals surface area contributed by atoms with E-state index < -0.39 is 5.25 Å². The van der Waals surface area contributed by atoms with Crippen LogP contribution in [-0.2, 0) is 16.1 Å². The summed E-state index contributed by atoms with van der Waals surface area (Å²) in [5.41, 5.74) is 1.49. The molecule has 3 aromatic rings. The van der Waals surface area contributed by atoms with Crippen LogP contribution in [0.1, 0.15) is 13.8 Å². The van der Waals surface area contributed by atoms with Crippen molar-refractivity contribution >= 4 is 45.3 Å². The number of carbonyl (C=O) groups is 2. The number of benzene rings is 1. The van der Waals surface area contributed by atoms with Gasteiger partial charge in [-0.25, -0.2) is 4.98 Å². The monoisotopic (exact) mass is 355 g/mol. The van der Waals surface area contributed by atoms with Crippen LogP contribution in [0.4, 0.5) is 0 Å². The summed E-state index contributed by atoms with van der Waals surface area (Å²) in [5.74, 6) is -0.535. The molecule has 7 heteroatoms. The lowest BCUT2D eigenvalue weighted by Crippen LogP contribution is -2.27. The first kappa shape index (κ1) is 17.2. The van der Waals surface area contributed by atoms with Crippen molar-refractivity contribution in [1.82, 2.24) is 14.5 Å². The molecule has 2 heterocycles. The molecule has 0 aliphatic carbocycles. The maximum Gasteiger partial charge on any atom is 0.278 e. The van der Waals surface area contributed by atoms with E-state index in [0.29, 0.717) is 16.2 Å². The number of nitrogens with zero attached hydrogens (tertiary/aromatic N) is 2. The molecule has 1 aromatic carbocycles. The van der Waals surface area contributed by atoms with Crippen LogP contribution in [0.3, 0.4) is 0 Å². The SMILES string of the molecule is C=CCn1c(SC(C(C)=O)C(C)=O)nc2c([nH]c3ccccc32)c1=O. The van der Waals surface area contributed by atoms with Gasteiger partial charge in [-0.15, -0.1) is 6.58 Å². The Kier molecular flexibility index (Phi) is 4.59. The smallest absolute Gasteiger partial charge is 0.278 e. The number of carbonyl (C=O) groups excluding carboxylic acids is 2. The number of hydrogen-bond donors (Lipinski definition) is 1. The number of allylic oxidation sites excluding steroid dienone is 1. The molecule has 6 nitrogen and oxygen atoms in total. The van der Waals surface area contributed by atoms with Crippen LogP contribution in [0.15, 0.2) is 46.9 Å². The maximum absolute atomic E-state index is 12.9. The van der Waals surface area contributed by atoms with Crippen LogP contribution in [0.5, 0.6) is 0 Å². The van der Waals surface area contributed by atoms with Gasteiger partial charge in [-0.05, 0) is 19.9 Å². The minimum Gasteiger partial charge on any atom is -0.349 e. The summed E-state index contributed by atoms with van der Waals surface area (Å²) in [4.78, 5) is 44.2. The van der Waals surface area contributed by atoms with Gasteiger partial charge in [-0.3, -0.25) is 19.0 Å². The maximum atomic E-state index is 12.9. The van der Waals surface area contributed by atoms with Crippen LogP contribution in [0.2, 0.25) is 0 Å². The van der Waals surface area contributed by atoms with Crippen LogP contribution in [-0.4, -0.2) is 31.4 Å². The molecule has 0 radical (unpaired) electrons. The molecule has 0 unspecified atom stereocenters. The highest BCUT2D eigenvalue weighted by atomic mass is 32.2. The Morgan fingerprint density at radius 3 is 2.64 bits per heavy atom. The third kappa shape index (κ3) is 3.02. The van der Waals surface area contributed by atoms with Crippen LogP contribution in [0, 0.1) is 0 Å². The molecule has 0 saturated heterocycles. The standard InChI is InChI=1S/C18H17N3O3S/c1-4-9-21-17(24)15-14(12-7-5-6-8-13(12)19-15)20-18(21)25-16(10(2)22)11(3)23/h4-8,16,19H,1,9H2,2-3H3. The Labute approximate surface area is 147 Å². The molecule has 0 spiro atoms. The molecule has 1 N–H and O–H groups in total. The van der Waals surface area contributed by atoms with Crippen molar-refractivity contribution in [2.24, 2.45) is 0 Å². The first-order valence-corrected chi connectivity index (χ1v) is 8.61. The van der Waals surface area contributed by atoms with Crippen molar-refractivity contribution < 1.29 is 9.59 Å². The minimum atomic E-state index is -0.884. The fraction of sp³-hybridized carbons (Fsp3) is 0.222. The predicted octanol–water partition coefficient (Wildman–Crippen LogP) is 2.70. The molecule has 25 heavy (non-hydrogen) atoms. The Bertz CT molecular complexity index is 1050. The number of nitrogens with one attached hydrogen (secondary N) is 1. The normalized spacial score (nSPS) is 11.3. The summed E-state index contributed by atoms with van der Waals surface area (Å²) >= 11 is 1.00. The molecule has 0 saturated carbocycles. The minimum absolute atomic E-state index is 0.238. The number of fused-ring (bicyclic) bond motifs is 3. The Hall–Kier alpha value is -2.67. The van der Waals surface area contributed by atoms with E-state index in [9.17, 15) is 14.4 Å². The summed E-state index contributed by atoms with van der Waals surface area (Å²) in [6.45, 7) is 6.63. The number of rotatable bonds is 6. The largest absolute Gasteiger partial charge is 0.349 e. The van der Waals surface area contributed by atoms with E-state index in [1.807, 2.05) is 24.3 Å². The Morgan fingerprint density at radius 2 is 2.00 bits per heavy atom. The third-order valence-electron chi connectivity index (χ3n) is 3.85. The summed E-state index contributed by atoms with van der Waals surface area (Å²) < 4.78 is 1.42. The van der Waals surface area contributed by atoms with E-state index in [-0.39, 0.29) is 23.7 Å². The summed E-state index contributed by atoms with van der Waals surface area (Å²) in [7, 11) is 0. The number of aromatic nitrogens is 3. The number of para-hydroxylation sites is 1. The van der Waals surface area contributed by atoms with Gasteiger partial charge in [-0.2, -0.15) is 0 Å². The summed E-state index contributed by atoms with van der Waals surface area (Å²) in [6.07, 6.45) is 1.58. The molecule has 2 aromatic heterocycles. The number of thioether (sulfide) groups is 1. The molecule has 0 aliphatic rings. The lowest BCUT2D eigenvalue weighted by molar-refractivity contribution is -0.123. The zero-order valence-corrected chi connectivity index (χ0v) is 14.7. The topological polar surface area (TPSA) is 84.8 Å². The van der Waals surface area contributed by atoms with Crippen LogP contribution >= 0.6 is 11.8 Å². The van der Waals surface area contributed by atoms with Crippen molar-refractivity contribution in [1.29, 1.82) is 0 Å². The zero-order valence-electron chi connectivity index (χ0n) is 13.9. The van der Waals surface area contributed by atoms with Crippen LogP contribution in [0.25, 0.3) is 21.9 Å². The molecular weight excluding hydrogens is 338 g/mol. The average Bonchev–Trinajstić information content (AvgIpc) is 2.94. The Balaban J connectivity index is 2.28. The first-order chi connectivity index (χ1) is 11.9. The number of Topliss-reactive ketones (excluding diaryl/α,β-unsaturated/α-hetero) is 2. The molecule has 0 atom stereocenters. The third-order valence-corrected chi connectivity index (χ3v) is 5.27. The van der Waals surface area contributed by atoms with Gasteiger partial charge in [0.2, 0.25) is 0 Å². The van der Waals surface area contributed by atoms with Gasteiger partial charge >= 0.3 is 0 Å². The van der Waals surface area contributed by atoms with E-state index in [1.165, 1.54) is 18.4 Å². The first-order valence-electron chi connectivity index (χ1n) is 7.73. The zero-order chi connectivity index (χ0) is 18.1. The van der Waals surface area contributed by atoms with E-state index in [1.54, 1.807) is 6.08 Å². The van der Waals surface area contributed by atoms with Gasteiger partial charge in [0.15, 0.2) is 16.7 Å². The highest BCUT2D eigenvalue weighted by Gasteiger charge is 2.25. The second kappa shape index (κ2) is 6.68. The van der Waals surface area contributed by atoms with Gasteiger partial charge in [0.05, 0.1) is 0 Å². The number of hydrogen-bond acceptors (Lipinski definition) is 5. The van der Waals surface area contributed by atoms with Crippen molar-refractivity contribution in [3.05, 3.63) is 47.3 Å². The second-order valence-corrected chi connectivity index (χ2v) is 6.78. The number of aromatic amines is 1. The molecule has 0 amide bonds. The lowest BCUT2D eigenvalue weighted by Gasteiger charge is -2.14. The van der Waals surface area contributed by atoms with Crippen LogP contribution < -0.4 is 5.56 Å². The molecular formula is C18H17N3O3S. The van der Waals surface area contributed by atoms with E-state index in [2.05, 4.69) is 16.5 Å². The molecule has 0 fully saturated rings. The highest BCUT2D eigenvalue weighted by molar-refractivity contribution is 8.01. The van der Waals surface area contributed by atoms with E-state index in [0.717, 1.165) is 22.7 Å². The molecule has 128 valence electrons.